The molecule has 0 aliphatic heterocycles. The zero-order chi connectivity index (χ0) is 21.8. The summed E-state index contributed by atoms with van der Waals surface area (Å²) in [6.45, 7) is 4.37. The first-order valence-electron chi connectivity index (χ1n) is 9.85. The van der Waals surface area contributed by atoms with E-state index in [2.05, 4.69) is 28.6 Å². The number of hydrogen-bond donors (Lipinski definition) is 2. The number of rotatable bonds is 5. The van der Waals surface area contributed by atoms with Crippen LogP contribution in [0.3, 0.4) is 0 Å². The second-order valence-corrected chi connectivity index (χ2v) is 7.94. The molecule has 0 aliphatic carbocycles. The number of amides is 2. The van der Waals surface area contributed by atoms with Gasteiger partial charge >= 0.3 is 11.8 Å². The van der Waals surface area contributed by atoms with Crippen molar-refractivity contribution in [3.05, 3.63) is 72.3 Å². The van der Waals surface area contributed by atoms with Crippen molar-refractivity contribution >= 4 is 44.7 Å². The Balaban J connectivity index is 1.43. The molecule has 6 nitrogen and oxygen atoms in total. The maximum absolute atomic E-state index is 12.3. The number of aryl methyl sites for hydroxylation is 1. The van der Waals surface area contributed by atoms with E-state index in [1.54, 1.807) is 47.7 Å². The van der Waals surface area contributed by atoms with Crippen molar-refractivity contribution in [1.82, 2.24) is 4.98 Å². The number of benzene rings is 3. The molecule has 0 radical (unpaired) electrons. The van der Waals surface area contributed by atoms with Crippen LogP contribution >= 0.6 is 11.3 Å². The van der Waals surface area contributed by atoms with E-state index in [1.165, 1.54) is 5.56 Å². The lowest BCUT2D eigenvalue weighted by atomic mass is 10.2. The third-order valence-electron chi connectivity index (χ3n) is 4.57. The average Bonchev–Trinajstić information content (AvgIpc) is 3.19. The molecule has 0 aliphatic rings. The van der Waals surface area contributed by atoms with Gasteiger partial charge in [0, 0.05) is 11.3 Å². The van der Waals surface area contributed by atoms with Crippen molar-refractivity contribution in [3.8, 4) is 16.3 Å². The topological polar surface area (TPSA) is 80.3 Å². The van der Waals surface area contributed by atoms with Crippen LogP contribution < -0.4 is 15.4 Å². The van der Waals surface area contributed by atoms with Crippen LogP contribution in [-0.2, 0) is 9.59 Å². The molecule has 0 fully saturated rings. The first kappa shape index (κ1) is 20.6. The van der Waals surface area contributed by atoms with Crippen LogP contribution in [0.5, 0.6) is 5.75 Å². The molecule has 156 valence electrons. The molecular weight excluding hydrogens is 410 g/mol. The summed E-state index contributed by atoms with van der Waals surface area (Å²) in [7, 11) is 0. The van der Waals surface area contributed by atoms with Crippen LogP contribution in [0.2, 0.25) is 0 Å². The first-order valence-corrected chi connectivity index (χ1v) is 10.7. The van der Waals surface area contributed by atoms with Crippen molar-refractivity contribution < 1.29 is 14.3 Å². The molecular formula is C24H21N3O3S. The molecule has 31 heavy (non-hydrogen) atoms. The zero-order valence-corrected chi connectivity index (χ0v) is 18.0. The van der Waals surface area contributed by atoms with E-state index in [-0.39, 0.29) is 0 Å². The first-order chi connectivity index (χ1) is 15.0. The van der Waals surface area contributed by atoms with Crippen LogP contribution in [0.25, 0.3) is 20.8 Å². The van der Waals surface area contributed by atoms with E-state index in [9.17, 15) is 9.59 Å². The van der Waals surface area contributed by atoms with E-state index in [0.29, 0.717) is 23.7 Å². The molecule has 0 spiro atoms. The summed E-state index contributed by atoms with van der Waals surface area (Å²) in [5.74, 6) is -1.01. The summed E-state index contributed by atoms with van der Waals surface area (Å²) in [4.78, 5) is 29.3. The van der Waals surface area contributed by atoms with Gasteiger partial charge in [0.25, 0.3) is 0 Å². The minimum Gasteiger partial charge on any atom is -0.492 e. The largest absolute Gasteiger partial charge is 0.492 e. The number of nitrogens with zero attached hydrogens (tertiary/aromatic N) is 1. The molecule has 3 aromatic carbocycles. The van der Waals surface area contributed by atoms with Crippen LogP contribution in [0, 0.1) is 6.92 Å². The second-order valence-electron chi connectivity index (χ2n) is 6.90. The van der Waals surface area contributed by atoms with E-state index >= 15 is 0 Å². The highest BCUT2D eigenvalue weighted by molar-refractivity contribution is 7.21. The summed E-state index contributed by atoms with van der Waals surface area (Å²) < 4.78 is 6.60. The molecule has 0 unspecified atom stereocenters. The molecule has 4 aromatic rings. The SMILES string of the molecule is CCOc1ccccc1NC(=O)C(=O)Nc1ccc(-c2nc3ccc(C)cc3s2)cc1. The Kier molecular flexibility index (Phi) is 5.95. The number of hydrogen-bond acceptors (Lipinski definition) is 5. The average molecular weight is 432 g/mol. The molecule has 7 heteroatoms. The second kappa shape index (κ2) is 8.97. The van der Waals surface area contributed by atoms with Gasteiger partial charge < -0.3 is 15.4 Å². The number of aromatic nitrogens is 1. The Morgan fingerprint density at radius 1 is 0.968 bits per heavy atom. The fourth-order valence-corrected chi connectivity index (χ4v) is 4.14. The molecule has 0 saturated heterocycles. The van der Waals surface area contributed by atoms with Gasteiger partial charge in [-0.3, -0.25) is 9.59 Å². The van der Waals surface area contributed by atoms with E-state index in [4.69, 9.17) is 4.74 Å². The smallest absolute Gasteiger partial charge is 0.314 e. The minimum atomic E-state index is -0.766. The molecule has 0 saturated carbocycles. The van der Waals surface area contributed by atoms with Crippen molar-refractivity contribution in [3.63, 3.8) is 0 Å². The Hall–Kier alpha value is -3.71. The Bertz CT molecular complexity index is 1250. The van der Waals surface area contributed by atoms with Gasteiger partial charge in [-0.2, -0.15) is 0 Å². The van der Waals surface area contributed by atoms with Crippen LogP contribution in [-0.4, -0.2) is 23.4 Å². The van der Waals surface area contributed by atoms with E-state index < -0.39 is 11.8 Å². The summed E-state index contributed by atoms with van der Waals surface area (Å²) in [5.41, 5.74) is 4.09. The number of carbonyl (C=O) groups is 2. The minimum absolute atomic E-state index is 0.450. The summed E-state index contributed by atoms with van der Waals surface area (Å²) in [6.07, 6.45) is 0. The standard InChI is InChI=1S/C24H21N3O3S/c1-3-30-20-7-5-4-6-18(20)26-23(29)22(28)25-17-11-9-16(10-12-17)24-27-19-13-8-15(2)14-21(19)31-24/h4-14H,3H2,1-2H3,(H,25,28)(H,26,29). The molecule has 2 amide bonds. The fourth-order valence-electron chi connectivity index (χ4n) is 3.07. The number of nitrogens with one attached hydrogen (secondary N) is 2. The van der Waals surface area contributed by atoms with Gasteiger partial charge in [-0.1, -0.05) is 18.2 Å². The molecule has 1 heterocycles. The maximum Gasteiger partial charge on any atom is 0.314 e. The van der Waals surface area contributed by atoms with E-state index in [0.717, 1.165) is 20.8 Å². The highest BCUT2D eigenvalue weighted by Crippen LogP contribution is 2.31. The molecule has 0 atom stereocenters. The predicted molar refractivity (Wildman–Crippen MR) is 125 cm³/mol. The number of thiazole rings is 1. The summed E-state index contributed by atoms with van der Waals surface area (Å²) in [5, 5.41) is 6.11. The lowest BCUT2D eigenvalue weighted by molar-refractivity contribution is -0.133. The van der Waals surface area contributed by atoms with Crippen molar-refractivity contribution in [2.24, 2.45) is 0 Å². The Labute approximate surface area is 183 Å². The third kappa shape index (κ3) is 4.73. The van der Waals surface area contributed by atoms with E-state index in [1.807, 2.05) is 31.2 Å². The van der Waals surface area contributed by atoms with Crippen molar-refractivity contribution in [2.75, 3.05) is 17.2 Å². The number of para-hydroxylation sites is 2. The Morgan fingerprint density at radius 2 is 1.71 bits per heavy atom. The van der Waals surface area contributed by atoms with Crippen molar-refractivity contribution in [1.29, 1.82) is 0 Å². The Morgan fingerprint density at radius 3 is 2.48 bits per heavy atom. The monoisotopic (exact) mass is 431 g/mol. The van der Waals surface area contributed by atoms with Crippen LogP contribution in [0.4, 0.5) is 11.4 Å². The van der Waals surface area contributed by atoms with Gasteiger partial charge in [-0.05, 0) is 67.9 Å². The third-order valence-corrected chi connectivity index (χ3v) is 5.64. The normalized spacial score (nSPS) is 10.6. The quantitative estimate of drug-likeness (QED) is 0.423. The number of carbonyl (C=O) groups excluding carboxylic acids is 2. The van der Waals surface area contributed by atoms with Gasteiger partial charge in [0.2, 0.25) is 0 Å². The summed E-state index contributed by atoms with van der Waals surface area (Å²) >= 11 is 1.62. The molecule has 2 N–H and O–H groups in total. The maximum atomic E-state index is 12.3. The molecule has 0 bridgehead atoms. The van der Waals surface area contributed by atoms with Gasteiger partial charge in [-0.25, -0.2) is 4.98 Å². The van der Waals surface area contributed by atoms with Crippen LogP contribution in [0.1, 0.15) is 12.5 Å². The highest BCUT2D eigenvalue weighted by atomic mass is 32.1. The van der Waals surface area contributed by atoms with Crippen LogP contribution in [0.15, 0.2) is 66.7 Å². The molecule has 1 aromatic heterocycles. The lowest BCUT2D eigenvalue weighted by Gasteiger charge is -2.11. The summed E-state index contributed by atoms with van der Waals surface area (Å²) in [6, 6.07) is 20.4. The van der Waals surface area contributed by atoms with Gasteiger partial charge in [0.15, 0.2) is 0 Å². The zero-order valence-electron chi connectivity index (χ0n) is 17.1. The molecule has 4 rings (SSSR count). The van der Waals surface area contributed by atoms with Gasteiger partial charge in [-0.15, -0.1) is 11.3 Å². The highest BCUT2D eigenvalue weighted by Gasteiger charge is 2.16. The number of anilines is 2. The number of ether oxygens (including phenoxy) is 1. The predicted octanol–water partition coefficient (Wildman–Crippen LogP) is 5.25. The fraction of sp³-hybridized carbons (Fsp3) is 0.125. The number of fused-ring (bicyclic) bond motifs is 1. The lowest BCUT2D eigenvalue weighted by Crippen LogP contribution is -2.29. The van der Waals surface area contributed by atoms with Gasteiger partial charge in [0.1, 0.15) is 10.8 Å². The van der Waals surface area contributed by atoms with Gasteiger partial charge in [0.05, 0.1) is 22.5 Å². The van der Waals surface area contributed by atoms with Crippen molar-refractivity contribution in [2.45, 2.75) is 13.8 Å².